The van der Waals surface area contributed by atoms with Crippen molar-refractivity contribution < 1.29 is 9.21 Å². The quantitative estimate of drug-likeness (QED) is 0.737. The van der Waals surface area contributed by atoms with Crippen molar-refractivity contribution in [3.63, 3.8) is 0 Å². The van der Waals surface area contributed by atoms with Crippen molar-refractivity contribution in [2.75, 3.05) is 26.4 Å². The largest absolute Gasteiger partial charge is 0.456 e. The molecule has 0 amide bonds. The van der Waals surface area contributed by atoms with Crippen LogP contribution in [-0.2, 0) is 0 Å². The smallest absolute Gasteiger partial charge is 0.199 e. The van der Waals surface area contributed by atoms with Crippen LogP contribution in [0.25, 0.3) is 0 Å². The van der Waals surface area contributed by atoms with Gasteiger partial charge < -0.3 is 15.1 Å². The standard InChI is InChI=1S/C10H16N2O2/c1-7-8(11)6-10(14-7)9(13)4-5-12(2)3/h6H,4-5,11H2,1-3H3. The average Bonchev–Trinajstić information content (AvgIpc) is 2.43. The predicted molar refractivity (Wildman–Crippen MR) is 55.4 cm³/mol. The molecule has 0 unspecified atom stereocenters. The molecule has 0 aliphatic heterocycles. The van der Waals surface area contributed by atoms with Crippen molar-refractivity contribution in [2.45, 2.75) is 13.3 Å². The molecule has 0 saturated carbocycles. The summed E-state index contributed by atoms with van der Waals surface area (Å²) in [5.41, 5.74) is 6.12. The molecule has 0 aromatic carbocycles. The van der Waals surface area contributed by atoms with Gasteiger partial charge in [0, 0.05) is 19.0 Å². The summed E-state index contributed by atoms with van der Waals surface area (Å²) in [5, 5.41) is 0. The zero-order valence-electron chi connectivity index (χ0n) is 8.83. The number of Topliss-reactive ketones (excluding diaryl/α,β-unsaturated/α-hetero) is 1. The summed E-state index contributed by atoms with van der Waals surface area (Å²) in [6.07, 6.45) is 0.458. The Bertz CT molecular complexity index is 309. The number of furan rings is 1. The fraction of sp³-hybridized carbons (Fsp3) is 0.500. The van der Waals surface area contributed by atoms with E-state index in [0.717, 1.165) is 6.54 Å². The summed E-state index contributed by atoms with van der Waals surface area (Å²) < 4.78 is 5.22. The summed E-state index contributed by atoms with van der Waals surface area (Å²) in [5.74, 6) is 0.971. The number of rotatable bonds is 4. The van der Waals surface area contributed by atoms with Gasteiger partial charge in [-0.1, -0.05) is 0 Å². The number of nitrogens with zero attached hydrogens (tertiary/aromatic N) is 1. The van der Waals surface area contributed by atoms with Crippen LogP contribution in [0.3, 0.4) is 0 Å². The van der Waals surface area contributed by atoms with Crippen LogP contribution in [0, 0.1) is 6.92 Å². The maximum absolute atomic E-state index is 11.5. The summed E-state index contributed by atoms with van der Waals surface area (Å²) in [4.78, 5) is 13.5. The van der Waals surface area contributed by atoms with E-state index in [1.54, 1.807) is 13.0 Å². The number of ketones is 1. The normalized spacial score (nSPS) is 10.9. The Labute approximate surface area is 83.7 Å². The van der Waals surface area contributed by atoms with E-state index >= 15 is 0 Å². The first-order chi connectivity index (χ1) is 6.50. The summed E-state index contributed by atoms with van der Waals surface area (Å²) in [6.45, 7) is 2.47. The summed E-state index contributed by atoms with van der Waals surface area (Å²) in [6, 6.07) is 1.59. The maximum Gasteiger partial charge on any atom is 0.199 e. The van der Waals surface area contributed by atoms with Crippen molar-refractivity contribution >= 4 is 11.5 Å². The molecule has 0 spiro atoms. The zero-order valence-corrected chi connectivity index (χ0v) is 8.83. The molecule has 0 atom stereocenters. The van der Waals surface area contributed by atoms with Gasteiger partial charge in [-0.2, -0.15) is 0 Å². The van der Waals surface area contributed by atoms with Gasteiger partial charge in [0.05, 0.1) is 5.69 Å². The minimum absolute atomic E-state index is 0.00139. The van der Waals surface area contributed by atoms with E-state index < -0.39 is 0 Å². The molecular formula is C10H16N2O2. The Kier molecular flexibility index (Phi) is 3.30. The van der Waals surface area contributed by atoms with Gasteiger partial charge in [-0.15, -0.1) is 0 Å². The van der Waals surface area contributed by atoms with E-state index in [-0.39, 0.29) is 5.78 Å². The molecule has 0 aliphatic rings. The number of carbonyl (C=O) groups is 1. The lowest BCUT2D eigenvalue weighted by Gasteiger charge is -2.06. The molecule has 0 radical (unpaired) electrons. The first-order valence-corrected chi connectivity index (χ1v) is 4.54. The van der Waals surface area contributed by atoms with Crippen molar-refractivity contribution in [1.29, 1.82) is 0 Å². The first kappa shape index (κ1) is 10.8. The second kappa shape index (κ2) is 4.28. The highest BCUT2D eigenvalue weighted by atomic mass is 16.3. The van der Waals surface area contributed by atoms with E-state index in [0.29, 0.717) is 23.6 Å². The van der Waals surface area contributed by atoms with Gasteiger partial charge in [0.2, 0.25) is 0 Å². The van der Waals surface area contributed by atoms with Crippen LogP contribution in [0.15, 0.2) is 10.5 Å². The van der Waals surface area contributed by atoms with E-state index in [1.807, 2.05) is 19.0 Å². The number of aryl methyl sites for hydroxylation is 1. The van der Waals surface area contributed by atoms with Gasteiger partial charge in [-0.05, 0) is 21.0 Å². The third kappa shape index (κ3) is 2.60. The molecule has 1 aromatic rings. The van der Waals surface area contributed by atoms with Crippen LogP contribution in [0.1, 0.15) is 22.7 Å². The molecule has 1 rings (SSSR count). The molecular weight excluding hydrogens is 180 g/mol. The SMILES string of the molecule is Cc1oc(C(=O)CCN(C)C)cc1N. The van der Waals surface area contributed by atoms with Crippen molar-refractivity contribution in [1.82, 2.24) is 4.90 Å². The molecule has 2 N–H and O–H groups in total. The first-order valence-electron chi connectivity index (χ1n) is 4.54. The number of anilines is 1. The highest BCUT2D eigenvalue weighted by molar-refractivity contribution is 5.94. The number of nitrogens with two attached hydrogens (primary N) is 1. The lowest BCUT2D eigenvalue weighted by atomic mass is 10.2. The van der Waals surface area contributed by atoms with Crippen molar-refractivity contribution in [2.24, 2.45) is 0 Å². The van der Waals surface area contributed by atoms with E-state index in [2.05, 4.69) is 0 Å². The van der Waals surface area contributed by atoms with Crippen LogP contribution in [0.2, 0.25) is 0 Å². The Morgan fingerprint density at radius 1 is 1.57 bits per heavy atom. The molecule has 4 heteroatoms. The Morgan fingerprint density at radius 3 is 2.64 bits per heavy atom. The topological polar surface area (TPSA) is 59.5 Å². The van der Waals surface area contributed by atoms with Crippen molar-refractivity contribution in [3.05, 3.63) is 17.6 Å². The lowest BCUT2D eigenvalue weighted by molar-refractivity contribution is 0.0944. The van der Waals surface area contributed by atoms with Gasteiger partial charge in [0.25, 0.3) is 0 Å². The van der Waals surface area contributed by atoms with E-state index in [1.165, 1.54) is 0 Å². The number of carbonyl (C=O) groups excluding carboxylic acids is 1. The monoisotopic (exact) mass is 196 g/mol. The van der Waals surface area contributed by atoms with Gasteiger partial charge in [-0.3, -0.25) is 4.79 Å². The molecule has 4 nitrogen and oxygen atoms in total. The molecule has 0 fully saturated rings. The zero-order chi connectivity index (χ0) is 10.7. The van der Waals surface area contributed by atoms with Crippen LogP contribution in [-0.4, -0.2) is 31.3 Å². The second-order valence-corrected chi connectivity index (χ2v) is 3.60. The predicted octanol–water partition coefficient (Wildman–Crippen LogP) is 1.30. The number of hydrogen-bond donors (Lipinski definition) is 1. The lowest BCUT2D eigenvalue weighted by Crippen LogP contribution is -2.16. The van der Waals surface area contributed by atoms with Crippen molar-refractivity contribution in [3.8, 4) is 0 Å². The van der Waals surface area contributed by atoms with Crippen LogP contribution in [0.4, 0.5) is 5.69 Å². The Balaban J connectivity index is 2.61. The molecule has 78 valence electrons. The van der Waals surface area contributed by atoms with Gasteiger partial charge in [0.15, 0.2) is 11.5 Å². The Morgan fingerprint density at radius 2 is 2.21 bits per heavy atom. The number of hydrogen-bond acceptors (Lipinski definition) is 4. The minimum Gasteiger partial charge on any atom is -0.456 e. The van der Waals surface area contributed by atoms with Gasteiger partial charge >= 0.3 is 0 Å². The van der Waals surface area contributed by atoms with Crippen LogP contribution >= 0.6 is 0 Å². The summed E-state index contributed by atoms with van der Waals surface area (Å²) in [7, 11) is 3.85. The second-order valence-electron chi connectivity index (χ2n) is 3.60. The third-order valence-electron chi connectivity index (χ3n) is 2.02. The Hall–Kier alpha value is -1.29. The fourth-order valence-corrected chi connectivity index (χ4v) is 1.08. The molecule has 0 saturated heterocycles. The van der Waals surface area contributed by atoms with Gasteiger partial charge in [0.1, 0.15) is 5.76 Å². The van der Waals surface area contributed by atoms with E-state index in [4.69, 9.17) is 10.2 Å². The van der Waals surface area contributed by atoms with Crippen LogP contribution in [0.5, 0.6) is 0 Å². The third-order valence-corrected chi connectivity index (χ3v) is 2.02. The van der Waals surface area contributed by atoms with E-state index in [9.17, 15) is 4.79 Å². The highest BCUT2D eigenvalue weighted by Crippen LogP contribution is 2.17. The van der Waals surface area contributed by atoms with Gasteiger partial charge in [-0.25, -0.2) is 0 Å². The van der Waals surface area contributed by atoms with Crippen LogP contribution < -0.4 is 5.73 Å². The average molecular weight is 196 g/mol. The molecule has 14 heavy (non-hydrogen) atoms. The maximum atomic E-state index is 11.5. The molecule has 1 aromatic heterocycles. The summed E-state index contributed by atoms with van der Waals surface area (Å²) >= 11 is 0. The molecule has 0 aliphatic carbocycles. The highest BCUT2D eigenvalue weighted by Gasteiger charge is 2.12. The fourth-order valence-electron chi connectivity index (χ4n) is 1.08. The molecule has 0 bridgehead atoms. The molecule has 1 heterocycles. The number of nitrogen functional groups attached to an aromatic ring is 1. The minimum atomic E-state index is -0.00139.